The van der Waals surface area contributed by atoms with E-state index in [4.69, 9.17) is 0 Å². The first-order valence-electron chi connectivity index (χ1n) is 9.31. The summed E-state index contributed by atoms with van der Waals surface area (Å²) in [6.45, 7) is 4.83. The molecule has 28 heavy (non-hydrogen) atoms. The van der Waals surface area contributed by atoms with Crippen molar-refractivity contribution >= 4 is 38.4 Å². The van der Waals surface area contributed by atoms with Crippen molar-refractivity contribution in [1.82, 2.24) is 19.9 Å². The molecule has 0 saturated carbocycles. The monoisotopic (exact) mass is 394 g/mol. The number of aromatic amines is 1. The van der Waals surface area contributed by atoms with Crippen LogP contribution in [-0.2, 0) is 17.8 Å². The average molecular weight is 395 g/mol. The van der Waals surface area contributed by atoms with Gasteiger partial charge in [0.05, 0.1) is 11.7 Å². The highest BCUT2D eigenvalue weighted by Crippen LogP contribution is 2.25. The quantitative estimate of drug-likeness (QED) is 0.527. The van der Waals surface area contributed by atoms with Crippen molar-refractivity contribution in [2.24, 2.45) is 0 Å². The molecule has 0 aliphatic heterocycles. The summed E-state index contributed by atoms with van der Waals surface area (Å²) in [5.74, 6) is -0.0648. The molecule has 3 heterocycles. The third-order valence-corrected chi connectivity index (χ3v) is 6.24. The molecule has 0 atom stereocenters. The molecular weight excluding hydrogens is 372 g/mol. The summed E-state index contributed by atoms with van der Waals surface area (Å²) in [7, 11) is 0. The molecule has 0 radical (unpaired) electrons. The Kier molecular flexibility index (Phi) is 5.00. The number of hydrogen-bond donors (Lipinski definition) is 2. The Labute approximate surface area is 166 Å². The van der Waals surface area contributed by atoms with E-state index in [1.165, 1.54) is 26.9 Å². The molecule has 2 N–H and O–H groups in total. The number of para-hydroxylation sites is 1. The Morgan fingerprint density at radius 1 is 1.29 bits per heavy atom. The Morgan fingerprint density at radius 3 is 2.96 bits per heavy atom. The molecule has 0 unspecified atom stereocenters. The molecule has 144 valence electrons. The standard InChI is InChI=1S/C21H22N4O2S/c1-13-14(2)28-20-19(13)21(27)25(12-24-20)10-8-18(26)22-9-7-15-11-23-17-6-4-3-5-16(15)17/h3-6,11-12,23H,7-10H2,1-2H3,(H,22,26). The predicted molar refractivity (Wildman–Crippen MR) is 113 cm³/mol. The zero-order valence-electron chi connectivity index (χ0n) is 15.9. The Balaban J connectivity index is 1.35. The van der Waals surface area contributed by atoms with Gasteiger partial charge in [-0.3, -0.25) is 14.2 Å². The molecule has 0 fully saturated rings. The van der Waals surface area contributed by atoms with Gasteiger partial charge >= 0.3 is 0 Å². The minimum absolute atomic E-state index is 0.0648. The molecular formula is C21H22N4O2S. The molecule has 4 aromatic rings. The summed E-state index contributed by atoms with van der Waals surface area (Å²) in [5, 5.41) is 4.80. The number of carbonyl (C=O) groups excluding carboxylic acids is 1. The highest BCUT2D eigenvalue weighted by molar-refractivity contribution is 7.18. The van der Waals surface area contributed by atoms with Crippen molar-refractivity contribution < 1.29 is 4.79 Å². The van der Waals surface area contributed by atoms with Crippen LogP contribution in [0.2, 0.25) is 0 Å². The van der Waals surface area contributed by atoms with E-state index in [1.807, 2.05) is 38.2 Å². The molecule has 1 amide bonds. The minimum atomic E-state index is -0.0709. The van der Waals surface area contributed by atoms with Crippen LogP contribution in [0.25, 0.3) is 21.1 Å². The van der Waals surface area contributed by atoms with Crippen molar-refractivity contribution in [3.8, 4) is 0 Å². The van der Waals surface area contributed by atoms with Gasteiger partial charge in [-0.15, -0.1) is 11.3 Å². The number of aryl methyl sites for hydroxylation is 3. The Morgan fingerprint density at radius 2 is 2.11 bits per heavy atom. The number of benzene rings is 1. The van der Waals surface area contributed by atoms with Crippen LogP contribution in [-0.4, -0.2) is 27.0 Å². The van der Waals surface area contributed by atoms with Crippen LogP contribution in [0, 0.1) is 13.8 Å². The minimum Gasteiger partial charge on any atom is -0.361 e. The lowest BCUT2D eigenvalue weighted by Gasteiger charge is -2.07. The number of nitrogens with one attached hydrogen (secondary N) is 2. The largest absolute Gasteiger partial charge is 0.361 e. The van der Waals surface area contributed by atoms with Crippen molar-refractivity contribution in [2.45, 2.75) is 33.2 Å². The van der Waals surface area contributed by atoms with Crippen LogP contribution >= 0.6 is 11.3 Å². The van der Waals surface area contributed by atoms with Gasteiger partial charge in [-0.2, -0.15) is 0 Å². The van der Waals surface area contributed by atoms with E-state index in [0.29, 0.717) is 18.5 Å². The normalized spacial score (nSPS) is 11.4. The lowest BCUT2D eigenvalue weighted by Crippen LogP contribution is -2.29. The number of hydrogen-bond acceptors (Lipinski definition) is 4. The highest BCUT2D eigenvalue weighted by Gasteiger charge is 2.12. The van der Waals surface area contributed by atoms with Crippen molar-refractivity contribution in [3.05, 3.63) is 63.1 Å². The Bertz CT molecular complexity index is 1220. The third-order valence-electron chi connectivity index (χ3n) is 5.13. The first-order valence-corrected chi connectivity index (χ1v) is 10.1. The summed E-state index contributed by atoms with van der Waals surface area (Å²) in [4.78, 5) is 34.3. The molecule has 0 aliphatic rings. The number of amides is 1. The average Bonchev–Trinajstić information content (AvgIpc) is 3.23. The van der Waals surface area contributed by atoms with Gasteiger partial charge in [-0.05, 0) is 37.5 Å². The molecule has 0 spiro atoms. The molecule has 0 aliphatic carbocycles. The lowest BCUT2D eigenvalue weighted by atomic mass is 10.1. The summed E-state index contributed by atoms with van der Waals surface area (Å²) in [6.07, 6.45) is 4.54. The van der Waals surface area contributed by atoms with Gasteiger partial charge in [0, 0.05) is 41.5 Å². The number of thiophene rings is 1. The maximum absolute atomic E-state index is 12.7. The van der Waals surface area contributed by atoms with Crippen LogP contribution in [0.5, 0.6) is 0 Å². The van der Waals surface area contributed by atoms with Crippen LogP contribution < -0.4 is 10.9 Å². The summed E-state index contributed by atoms with van der Waals surface area (Å²) >= 11 is 1.53. The first-order chi connectivity index (χ1) is 13.5. The predicted octanol–water partition coefficient (Wildman–Crippen LogP) is 3.31. The lowest BCUT2D eigenvalue weighted by molar-refractivity contribution is -0.121. The second-order valence-electron chi connectivity index (χ2n) is 6.92. The van der Waals surface area contributed by atoms with E-state index < -0.39 is 0 Å². The van der Waals surface area contributed by atoms with Crippen LogP contribution in [0.1, 0.15) is 22.4 Å². The highest BCUT2D eigenvalue weighted by atomic mass is 32.1. The second-order valence-corrected chi connectivity index (χ2v) is 8.12. The molecule has 0 saturated heterocycles. The number of rotatable bonds is 6. The zero-order valence-corrected chi connectivity index (χ0v) is 16.7. The molecule has 3 aromatic heterocycles. The van der Waals surface area contributed by atoms with E-state index in [9.17, 15) is 9.59 Å². The number of fused-ring (bicyclic) bond motifs is 2. The van der Waals surface area contributed by atoms with Gasteiger partial charge in [0.2, 0.25) is 5.91 Å². The van der Waals surface area contributed by atoms with Crippen LogP contribution in [0.4, 0.5) is 0 Å². The van der Waals surface area contributed by atoms with Gasteiger partial charge in [0.1, 0.15) is 4.83 Å². The molecule has 1 aromatic carbocycles. The third kappa shape index (κ3) is 3.45. The summed E-state index contributed by atoms with van der Waals surface area (Å²) in [5.41, 5.74) is 3.20. The van der Waals surface area contributed by atoms with Crippen molar-refractivity contribution in [1.29, 1.82) is 0 Å². The van der Waals surface area contributed by atoms with Gasteiger partial charge < -0.3 is 10.3 Å². The number of aromatic nitrogens is 3. The number of carbonyl (C=O) groups is 1. The fourth-order valence-electron chi connectivity index (χ4n) is 3.41. The number of nitrogens with zero attached hydrogens (tertiary/aromatic N) is 2. The van der Waals surface area contributed by atoms with Gasteiger partial charge in [0.25, 0.3) is 5.56 Å². The second kappa shape index (κ2) is 7.59. The molecule has 7 heteroatoms. The van der Waals surface area contributed by atoms with Gasteiger partial charge in [-0.25, -0.2) is 4.98 Å². The first kappa shape index (κ1) is 18.4. The van der Waals surface area contributed by atoms with Crippen LogP contribution in [0.15, 0.2) is 41.6 Å². The van der Waals surface area contributed by atoms with E-state index in [1.54, 1.807) is 6.33 Å². The van der Waals surface area contributed by atoms with E-state index in [-0.39, 0.29) is 17.9 Å². The summed E-state index contributed by atoms with van der Waals surface area (Å²) < 4.78 is 1.53. The number of H-pyrrole nitrogens is 1. The Hall–Kier alpha value is -2.93. The summed E-state index contributed by atoms with van der Waals surface area (Å²) in [6, 6.07) is 8.12. The van der Waals surface area contributed by atoms with Gasteiger partial charge in [-0.1, -0.05) is 18.2 Å². The van der Waals surface area contributed by atoms with E-state index in [2.05, 4.69) is 21.4 Å². The van der Waals surface area contributed by atoms with E-state index >= 15 is 0 Å². The fraction of sp³-hybridized carbons (Fsp3) is 0.286. The smallest absolute Gasteiger partial charge is 0.262 e. The SMILES string of the molecule is Cc1sc2ncn(CCC(=O)NCCc3c[nH]c4ccccc34)c(=O)c2c1C. The fourth-order valence-corrected chi connectivity index (χ4v) is 4.40. The topological polar surface area (TPSA) is 79.8 Å². The van der Waals surface area contributed by atoms with E-state index in [0.717, 1.165) is 27.2 Å². The van der Waals surface area contributed by atoms with Crippen molar-refractivity contribution in [3.63, 3.8) is 0 Å². The maximum Gasteiger partial charge on any atom is 0.262 e. The molecule has 0 bridgehead atoms. The van der Waals surface area contributed by atoms with Crippen molar-refractivity contribution in [2.75, 3.05) is 6.54 Å². The zero-order chi connectivity index (χ0) is 19.7. The van der Waals surface area contributed by atoms with Crippen LogP contribution in [0.3, 0.4) is 0 Å². The maximum atomic E-state index is 12.7. The van der Waals surface area contributed by atoms with Gasteiger partial charge in [0.15, 0.2) is 0 Å². The molecule has 6 nitrogen and oxygen atoms in total. The molecule has 4 rings (SSSR count).